The van der Waals surface area contributed by atoms with E-state index < -0.39 is 0 Å². The number of nitrogens with zero attached hydrogens (tertiary/aromatic N) is 1. The van der Waals surface area contributed by atoms with Gasteiger partial charge in [0, 0.05) is 23.4 Å². The van der Waals surface area contributed by atoms with Crippen molar-refractivity contribution < 1.29 is 9.59 Å². The van der Waals surface area contributed by atoms with Crippen molar-refractivity contribution in [2.75, 3.05) is 11.6 Å². The Bertz CT molecular complexity index is 700. The molecule has 0 aliphatic rings. The lowest BCUT2D eigenvalue weighted by Crippen LogP contribution is -2.20. The van der Waals surface area contributed by atoms with E-state index in [-0.39, 0.29) is 24.7 Å². The zero-order valence-corrected chi connectivity index (χ0v) is 14.2. The molecule has 2 aromatic carbocycles. The number of carbonyl (C=O) groups is 2. The highest BCUT2D eigenvalue weighted by Gasteiger charge is 2.06. The maximum atomic E-state index is 11.7. The number of hydrogen-bond acceptors (Lipinski definition) is 4. The van der Waals surface area contributed by atoms with Gasteiger partial charge in [-0.15, -0.1) is 11.8 Å². The fraction of sp³-hybridized carbons (Fsp3) is 0.167. The largest absolute Gasteiger partial charge is 0.326 e. The first-order valence-corrected chi connectivity index (χ1v) is 8.71. The van der Waals surface area contributed by atoms with Crippen molar-refractivity contribution in [3.05, 3.63) is 60.2 Å². The fourth-order valence-corrected chi connectivity index (χ4v) is 2.30. The molecule has 124 valence electrons. The van der Waals surface area contributed by atoms with Crippen LogP contribution in [-0.4, -0.2) is 24.3 Å². The normalized spacial score (nSPS) is 10.5. The van der Waals surface area contributed by atoms with E-state index in [4.69, 9.17) is 0 Å². The van der Waals surface area contributed by atoms with E-state index in [1.807, 2.05) is 48.7 Å². The number of thioether (sulfide) groups is 1. The summed E-state index contributed by atoms with van der Waals surface area (Å²) in [5.74, 6) is -0.497. The summed E-state index contributed by atoms with van der Waals surface area (Å²) in [5, 5.41) is 6.63. The van der Waals surface area contributed by atoms with E-state index in [1.165, 1.54) is 4.90 Å². The van der Waals surface area contributed by atoms with Crippen LogP contribution in [0.1, 0.15) is 18.4 Å². The summed E-state index contributed by atoms with van der Waals surface area (Å²) in [7, 11) is 0. The standard InChI is InChI=1S/C18H19N3O2S/c1-24-16-9-7-14(8-10-16)13-19-21-18(23)12-11-17(22)20-15-5-3-2-4-6-15/h2-10,13H,11-12H2,1H3,(H,20,22)(H,21,23)/b19-13+. The van der Waals surface area contributed by atoms with Crippen molar-refractivity contribution in [3.8, 4) is 0 Å². The van der Waals surface area contributed by atoms with Gasteiger partial charge in [0.2, 0.25) is 11.8 Å². The molecule has 0 atom stereocenters. The molecule has 6 heteroatoms. The number of amides is 2. The number of benzene rings is 2. The third kappa shape index (κ3) is 6.26. The molecule has 0 spiro atoms. The number of rotatable bonds is 7. The first-order valence-electron chi connectivity index (χ1n) is 7.48. The van der Waals surface area contributed by atoms with Crippen LogP contribution in [0.2, 0.25) is 0 Å². The van der Waals surface area contributed by atoms with Gasteiger partial charge in [0.25, 0.3) is 0 Å². The second-order valence-corrected chi connectivity index (χ2v) is 5.86. The van der Waals surface area contributed by atoms with Gasteiger partial charge < -0.3 is 5.32 Å². The van der Waals surface area contributed by atoms with Crippen LogP contribution in [-0.2, 0) is 9.59 Å². The minimum Gasteiger partial charge on any atom is -0.326 e. The number of carbonyl (C=O) groups excluding carboxylic acids is 2. The lowest BCUT2D eigenvalue weighted by atomic mass is 10.2. The summed E-state index contributed by atoms with van der Waals surface area (Å²) in [6.07, 6.45) is 3.78. The van der Waals surface area contributed by atoms with E-state index in [9.17, 15) is 9.59 Å². The Labute approximate surface area is 145 Å². The third-order valence-electron chi connectivity index (χ3n) is 3.16. The Hall–Kier alpha value is -2.60. The SMILES string of the molecule is CSc1ccc(/C=N/NC(=O)CCC(=O)Nc2ccccc2)cc1. The van der Waals surface area contributed by atoms with Gasteiger partial charge >= 0.3 is 0 Å². The zero-order chi connectivity index (χ0) is 17.2. The number of hydrogen-bond donors (Lipinski definition) is 2. The van der Waals surface area contributed by atoms with Crippen LogP contribution in [0.4, 0.5) is 5.69 Å². The topological polar surface area (TPSA) is 70.6 Å². The van der Waals surface area contributed by atoms with Crippen molar-refractivity contribution in [1.82, 2.24) is 5.43 Å². The summed E-state index contributed by atoms with van der Waals surface area (Å²) < 4.78 is 0. The van der Waals surface area contributed by atoms with Gasteiger partial charge in [0.05, 0.1) is 6.21 Å². The predicted octanol–water partition coefficient (Wildman–Crippen LogP) is 3.28. The first-order chi connectivity index (χ1) is 11.7. The van der Waals surface area contributed by atoms with Crippen molar-refractivity contribution in [1.29, 1.82) is 0 Å². The molecule has 0 bridgehead atoms. The van der Waals surface area contributed by atoms with Crippen LogP contribution < -0.4 is 10.7 Å². The molecule has 0 heterocycles. The van der Waals surface area contributed by atoms with Gasteiger partial charge in [0.15, 0.2) is 0 Å². The van der Waals surface area contributed by atoms with Crippen molar-refractivity contribution in [3.63, 3.8) is 0 Å². The Morgan fingerprint density at radius 2 is 1.67 bits per heavy atom. The molecule has 24 heavy (non-hydrogen) atoms. The molecular formula is C18H19N3O2S. The minimum absolute atomic E-state index is 0.0847. The Morgan fingerprint density at radius 3 is 2.33 bits per heavy atom. The van der Waals surface area contributed by atoms with E-state index in [2.05, 4.69) is 15.8 Å². The monoisotopic (exact) mass is 341 g/mol. The predicted molar refractivity (Wildman–Crippen MR) is 98.3 cm³/mol. The van der Waals surface area contributed by atoms with E-state index >= 15 is 0 Å². The van der Waals surface area contributed by atoms with E-state index in [1.54, 1.807) is 30.1 Å². The van der Waals surface area contributed by atoms with Gasteiger partial charge in [-0.3, -0.25) is 9.59 Å². The molecule has 0 aliphatic heterocycles. The number of anilines is 1. The van der Waals surface area contributed by atoms with Crippen molar-refractivity contribution >= 4 is 35.5 Å². The average Bonchev–Trinajstić information content (AvgIpc) is 2.61. The van der Waals surface area contributed by atoms with Gasteiger partial charge in [-0.1, -0.05) is 30.3 Å². The summed E-state index contributed by atoms with van der Waals surface area (Å²) in [4.78, 5) is 24.6. The zero-order valence-electron chi connectivity index (χ0n) is 13.4. The highest BCUT2D eigenvalue weighted by atomic mass is 32.2. The quantitative estimate of drug-likeness (QED) is 0.461. The Kier molecular flexibility index (Phi) is 7.04. The summed E-state index contributed by atoms with van der Waals surface area (Å²) in [6, 6.07) is 17.0. The van der Waals surface area contributed by atoms with Crippen LogP contribution in [0.5, 0.6) is 0 Å². The highest BCUT2D eigenvalue weighted by Crippen LogP contribution is 2.13. The van der Waals surface area contributed by atoms with E-state index in [0.717, 1.165) is 11.3 Å². The first kappa shape index (κ1) is 17.7. The van der Waals surface area contributed by atoms with Gasteiger partial charge in [-0.05, 0) is 36.1 Å². The molecule has 0 saturated heterocycles. The second-order valence-electron chi connectivity index (χ2n) is 4.98. The molecule has 2 rings (SSSR count). The smallest absolute Gasteiger partial charge is 0.240 e. The lowest BCUT2D eigenvalue weighted by Gasteiger charge is -2.04. The lowest BCUT2D eigenvalue weighted by molar-refractivity contribution is -0.124. The van der Waals surface area contributed by atoms with Gasteiger partial charge in [-0.2, -0.15) is 5.10 Å². The Balaban J connectivity index is 1.70. The second kappa shape index (κ2) is 9.52. The summed E-state index contributed by atoms with van der Waals surface area (Å²) >= 11 is 1.66. The van der Waals surface area contributed by atoms with Gasteiger partial charge in [-0.25, -0.2) is 5.43 Å². The summed E-state index contributed by atoms with van der Waals surface area (Å²) in [6.45, 7) is 0. The van der Waals surface area contributed by atoms with E-state index in [0.29, 0.717) is 0 Å². The molecule has 5 nitrogen and oxygen atoms in total. The molecule has 0 aliphatic carbocycles. The molecule has 0 fully saturated rings. The minimum atomic E-state index is -0.296. The highest BCUT2D eigenvalue weighted by molar-refractivity contribution is 7.98. The molecule has 0 saturated carbocycles. The summed E-state index contributed by atoms with van der Waals surface area (Å²) in [5.41, 5.74) is 4.04. The molecule has 2 amide bonds. The molecule has 0 aromatic heterocycles. The maximum absolute atomic E-state index is 11.7. The molecular weight excluding hydrogens is 322 g/mol. The van der Waals surface area contributed by atoms with Crippen LogP contribution in [0.3, 0.4) is 0 Å². The van der Waals surface area contributed by atoms with Crippen LogP contribution >= 0.6 is 11.8 Å². The number of nitrogens with one attached hydrogen (secondary N) is 2. The maximum Gasteiger partial charge on any atom is 0.240 e. The molecule has 0 unspecified atom stereocenters. The Morgan fingerprint density at radius 1 is 1.00 bits per heavy atom. The number of hydrazone groups is 1. The average molecular weight is 341 g/mol. The van der Waals surface area contributed by atoms with Crippen LogP contribution in [0.15, 0.2) is 64.6 Å². The van der Waals surface area contributed by atoms with Crippen molar-refractivity contribution in [2.45, 2.75) is 17.7 Å². The van der Waals surface area contributed by atoms with Crippen LogP contribution in [0, 0.1) is 0 Å². The van der Waals surface area contributed by atoms with Crippen LogP contribution in [0.25, 0.3) is 0 Å². The van der Waals surface area contributed by atoms with Gasteiger partial charge in [0.1, 0.15) is 0 Å². The fourth-order valence-electron chi connectivity index (χ4n) is 1.90. The molecule has 2 aromatic rings. The third-order valence-corrected chi connectivity index (χ3v) is 3.90. The molecule has 2 N–H and O–H groups in total. The number of para-hydroxylation sites is 1. The molecule has 0 radical (unpaired) electrons. The van der Waals surface area contributed by atoms with Crippen molar-refractivity contribution in [2.24, 2.45) is 5.10 Å².